The molecule has 0 aromatic heterocycles. The number of benzene rings is 1. The Balaban J connectivity index is 2.46. The van der Waals surface area contributed by atoms with E-state index < -0.39 is 0 Å². The average molecular weight is 212 g/mol. The van der Waals surface area contributed by atoms with Crippen molar-refractivity contribution in [2.45, 2.75) is 37.5 Å². The van der Waals surface area contributed by atoms with Crippen molar-refractivity contribution in [2.75, 3.05) is 0 Å². The van der Waals surface area contributed by atoms with Gasteiger partial charge in [-0.15, -0.1) is 13.2 Å². The molecule has 0 unspecified atom stereocenters. The van der Waals surface area contributed by atoms with Crippen molar-refractivity contribution < 1.29 is 0 Å². The topological polar surface area (TPSA) is 0 Å². The Morgan fingerprint density at radius 2 is 1.81 bits per heavy atom. The van der Waals surface area contributed by atoms with E-state index in [-0.39, 0.29) is 5.41 Å². The molecule has 0 aliphatic heterocycles. The highest BCUT2D eigenvalue weighted by atomic mass is 14.4. The summed E-state index contributed by atoms with van der Waals surface area (Å²) in [7, 11) is 0. The number of fused-ring (bicyclic) bond motifs is 1. The van der Waals surface area contributed by atoms with Gasteiger partial charge in [-0.2, -0.15) is 0 Å². The molecule has 0 saturated carbocycles. The Hall–Kier alpha value is -1.30. The van der Waals surface area contributed by atoms with E-state index in [1.54, 1.807) is 0 Å². The lowest BCUT2D eigenvalue weighted by atomic mass is 9.66. The molecular formula is C16H20. The van der Waals surface area contributed by atoms with Crippen molar-refractivity contribution in [2.24, 2.45) is 0 Å². The molecule has 1 aromatic carbocycles. The summed E-state index contributed by atoms with van der Waals surface area (Å²) in [4.78, 5) is 0. The third-order valence-corrected chi connectivity index (χ3v) is 3.76. The zero-order valence-corrected chi connectivity index (χ0v) is 9.91. The monoisotopic (exact) mass is 212 g/mol. The fourth-order valence-corrected chi connectivity index (χ4v) is 3.07. The van der Waals surface area contributed by atoms with Crippen LogP contribution in [-0.4, -0.2) is 0 Å². The minimum atomic E-state index is 0.276. The van der Waals surface area contributed by atoms with E-state index in [1.165, 1.54) is 30.4 Å². The second-order valence-electron chi connectivity index (χ2n) is 4.78. The van der Waals surface area contributed by atoms with Gasteiger partial charge in [0, 0.05) is 5.41 Å². The summed E-state index contributed by atoms with van der Waals surface area (Å²) < 4.78 is 0. The lowest BCUT2D eigenvalue weighted by molar-refractivity contribution is 0.366. The molecule has 0 N–H and O–H groups in total. The van der Waals surface area contributed by atoms with Gasteiger partial charge in [-0.1, -0.05) is 36.4 Å². The molecule has 0 radical (unpaired) electrons. The molecule has 0 saturated heterocycles. The largest absolute Gasteiger partial charge is 0.103 e. The van der Waals surface area contributed by atoms with Crippen molar-refractivity contribution in [3.63, 3.8) is 0 Å². The van der Waals surface area contributed by atoms with Gasteiger partial charge in [0.25, 0.3) is 0 Å². The van der Waals surface area contributed by atoms with Crippen molar-refractivity contribution in [3.8, 4) is 0 Å². The third kappa shape index (κ3) is 1.84. The van der Waals surface area contributed by atoms with E-state index in [1.807, 2.05) is 0 Å². The molecule has 0 heteroatoms. The summed E-state index contributed by atoms with van der Waals surface area (Å²) in [6.07, 6.45) is 10.0. The van der Waals surface area contributed by atoms with E-state index in [4.69, 9.17) is 0 Å². The van der Waals surface area contributed by atoms with E-state index in [0.29, 0.717) is 0 Å². The summed E-state index contributed by atoms with van der Waals surface area (Å²) in [6.45, 7) is 7.84. The van der Waals surface area contributed by atoms with Crippen molar-refractivity contribution in [3.05, 3.63) is 60.7 Å². The van der Waals surface area contributed by atoms with Crippen molar-refractivity contribution in [1.29, 1.82) is 0 Å². The molecular weight excluding hydrogens is 192 g/mol. The molecule has 2 rings (SSSR count). The molecule has 0 atom stereocenters. The average Bonchev–Trinajstić information content (AvgIpc) is 2.30. The molecule has 0 nitrogen and oxygen atoms in total. The van der Waals surface area contributed by atoms with Crippen LogP contribution in [0.4, 0.5) is 0 Å². The molecule has 0 spiro atoms. The summed E-state index contributed by atoms with van der Waals surface area (Å²) in [5, 5.41) is 0. The van der Waals surface area contributed by atoms with Gasteiger partial charge in [0.05, 0.1) is 0 Å². The molecule has 84 valence electrons. The SMILES string of the molecule is C=CCC1(CC=C)CCCc2ccccc21. The number of hydrogen-bond acceptors (Lipinski definition) is 0. The molecule has 0 heterocycles. The zero-order valence-electron chi connectivity index (χ0n) is 9.91. The standard InChI is InChI=1S/C16H20/c1-3-11-16(12-4-2)13-7-9-14-8-5-6-10-15(14)16/h3-6,8,10H,1-2,7,9,11-13H2. The van der Waals surface area contributed by atoms with Crippen LogP contribution >= 0.6 is 0 Å². The van der Waals surface area contributed by atoms with Crippen LogP contribution < -0.4 is 0 Å². The maximum absolute atomic E-state index is 3.92. The first kappa shape index (κ1) is 11.2. The second kappa shape index (κ2) is 4.69. The second-order valence-corrected chi connectivity index (χ2v) is 4.78. The van der Waals surface area contributed by atoms with E-state index >= 15 is 0 Å². The highest BCUT2D eigenvalue weighted by Crippen LogP contribution is 2.43. The van der Waals surface area contributed by atoms with E-state index in [9.17, 15) is 0 Å². The Morgan fingerprint density at radius 1 is 1.12 bits per heavy atom. The molecule has 0 amide bonds. The van der Waals surface area contributed by atoms with Gasteiger partial charge in [0.15, 0.2) is 0 Å². The Bertz CT molecular complexity index is 377. The van der Waals surface area contributed by atoms with E-state index in [2.05, 4.69) is 49.6 Å². The van der Waals surface area contributed by atoms with Crippen LogP contribution in [-0.2, 0) is 11.8 Å². The Labute approximate surface area is 98.7 Å². The van der Waals surface area contributed by atoms with Crippen molar-refractivity contribution in [1.82, 2.24) is 0 Å². The summed E-state index contributed by atoms with van der Waals surface area (Å²) in [5.74, 6) is 0. The molecule has 16 heavy (non-hydrogen) atoms. The summed E-state index contributed by atoms with van der Waals surface area (Å²) in [5.41, 5.74) is 3.33. The summed E-state index contributed by atoms with van der Waals surface area (Å²) >= 11 is 0. The maximum atomic E-state index is 3.92. The maximum Gasteiger partial charge on any atom is 0.00245 e. The normalized spacial score (nSPS) is 17.5. The highest BCUT2D eigenvalue weighted by Gasteiger charge is 2.33. The first-order valence-electron chi connectivity index (χ1n) is 6.12. The van der Waals surface area contributed by atoms with Crippen LogP contribution in [0.15, 0.2) is 49.6 Å². The summed E-state index contributed by atoms with van der Waals surface area (Å²) in [6, 6.07) is 8.87. The van der Waals surface area contributed by atoms with Gasteiger partial charge in [-0.3, -0.25) is 0 Å². The van der Waals surface area contributed by atoms with Gasteiger partial charge in [0.1, 0.15) is 0 Å². The molecule has 1 aliphatic rings. The van der Waals surface area contributed by atoms with Crippen LogP contribution in [0.25, 0.3) is 0 Å². The number of rotatable bonds is 4. The van der Waals surface area contributed by atoms with Gasteiger partial charge < -0.3 is 0 Å². The minimum absolute atomic E-state index is 0.276. The number of allylic oxidation sites excluding steroid dienone is 2. The fourth-order valence-electron chi connectivity index (χ4n) is 3.07. The molecule has 1 aliphatic carbocycles. The highest BCUT2D eigenvalue weighted by molar-refractivity contribution is 5.38. The third-order valence-electron chi connectivity index (χ3n) is 3.76. The molecule has 0 bridgehead atoms. The van der Waals surface area contributed by atoms with Gasteiger partial charge in [-0.25, -0.2) is 0 Å². The Kier molecular flexibility index (Phi) is 3.28. The molecule has 0 fully saturated rings. The van der Waals surface area contributed by atoms with Gasteiger partial charge >= 0.3 is 0 Å². The predicted octanol–water partition coefficient (Wildman–Crippen LogP) is 4.41. The lowest BCUT2D eigenvalue weighted by Gasteiger charge is -2.38. The van der Waals surface area contributed by atoms with Crippen LogP contribution in [0.2, 0.25) is 0 Å². The number of aryl methyl sites for hydroxylation is 1. The van der Waals surface area contributed by atoms with Gasteiger partial charge in [0.2, 0.25) is 0 Å². The van der Waals surface area contributed by atoms with Crippen molar-refractivity contribution >= 4 is 0 Å². The minimum Gasteiger partial charge on any atom is -0.103 e. The van der Waals surface area contributed by atoms with E-state index in [0.717, 1.165) is 12.8 Å². The molecule has 1 aromatic rings. The lowest BCUT2D eigenvalue weighted by Crippen LogP contribution is -2.29. The number of hydrogen-bond donors (Lipinski definition) is 0. The first-order chi connectivity index (χ1) is 7.82. The van der Waals surface area contributed by atoms with Crippen LogP contribution in [0, 0.1) is 0 Å². The Morgan fingerprint density at radius 3 is 2.50 bits per heavy atom. The van der Waals surface area contributed by atoms with Crippen LogP contribution in [0.1, 0.15) is 36.8 Å². The van der Waals surface area contributed by atoms with Gasteiger partial charge in [-0.05, 0) is 43.2 Å². The quantitative estimate of drug-likeness (QED) is 0.648. The predicted molar refractivity (Wildman–Crippen MR) is 70.7 cm³/mol. The van der Waals surface area contributed by atoms with Crippen LogP contribution in [0.5, 0.6) is 0 Å². The zero-order chi connectivity index (χ0) is 11.4. The fraction of sp³-hybridized carbons (Fsp3) is 0.375. The first-order valence-corrected chi connectivity index (χ1v) is 6.12. The van der Waals surface area contributed by atoms with Crippen LogP contribution in [0.3, 0.4) is 0 Å². The smallest absolute Gasteiger partial charge is 0.00245 e.